The molecule has 2 fully saturated rings. The van der Waals surface area contributed by atoms with Gasteiger partial charge in [-0.2, -0.15) is 0 Å². The highest BCUT2D eigenvalue weighted by atomic mass is 32.2. The van der Waals surface area contributed by atoms with Crippen molar-refractivity contribution in [2.45, 2.75) is 62.5 Å². The standard InChI is InChI=1S/C19H28N2O4S/c1-2-16-8-3-4-11-21(16)19(22)15-7-5-10-18(13-15)26(23,24)20-14-17-9-6-12-25-17/h5,7,10,13,16-17,20H,2-4,6,8-9,11-12,14H2,1H3. The molecule has 2 saturated heterocycles. The minimum atomic E-state index is -3.65. The lowest BCUT2D eigenvalue weighted by Crippen LogP contribution is -2.43. The number of sulfonamides is 1. The molecule has 2 heterocycles. The van der Waals surface area contributed by atoms with E-state index in [0.29, 0.717) is 12.2 Å². The van der Waals surface area contributed by atoms with Gasteiger partial charge in [0.15, 0.2) is 0 Å². The van der Waals surface area contributed by atoms with Gasteiger partial charge in [-0.1, -0.05) is 13.0 Å². The van der Waals surface area contributed by atoms with Crippen LogP contribution in [0.3, 0.4) is 0 Å². The summed E-state index contributed by atoms with van der Waals surface area (Å²) in [6.45, 7) is 3.78. The Labute approximate surface area is 156 Å². The Bertz CT molecular complexity index is 729. The van der Waals surface area contributed by atoms with Crippen molar-refractivity contribution < 1.29 is 17.9 Å². The summed E-state index contributed by atoms with van der Waals surface area (Å²) in [4.78, 5) is 14.9. The first-order chi connectivity index (χ1) is 12.5. The zero-order valence-electron chi connectivity index (χ0n) is 15.3. The lowest BCUT2D eigenvalue weighted by atomic mass is 9.99. The molecule has 7 heteroatoms. The second kappa shape index (κ2) is 8.50. The van der Waals surface area contributed by atoms with Gasteiger partial charge >= 0.3 is 0 Å². The number of carbonyl (C=O) groups is 1. The van der Waals surface area contributed by atoms with Crippen molar-refractivity contribution in [3.05, 3.63) is 29.8 Å². The molecule has 144 valence electrons. The van der Waals surface area contributed by atoms with Gasteiger partial charge in [0.05, 0.1) is 11.0 Å². The quantitative estimate of drug-likeness (QED) is 0.823. The number of amides is 1. The van der Waals surface area contributed by atoms with Gasteiger partial charge in [-0.15, -0.1) is 0 Å². The number of piperidine rings is 1. The first-order valence-corrected chi connectivity index (χ1v) is 11.0. The summed E-state index contributed by atoms with van der Waals surface area (Å²) in [5, 5.41) is 0. The summed E-state index contributed by atoms with van der Waals surface area (Å²) in [6.07, 6.45) is 5.86. The molecule has 1 amide bonds. The van der Waals surface area contributed by atoms with E-state index in [9.17, 15) is 13.2 Å². The molecule has 1 aromatic rings. The molecule has 1 N–H and O–H groups in total. The SMILES string of the molecule is CCC1CCCCN1C(=O)c1cccc(S(=O)(=O)NCC2CCCO2)c1. The Balaban J connectivity index is 1.73. The van der Waals surface area contributed by atoms with Crippen LogP contribution >= 0.6 is 0 Å². The second-order valence-electron chi connectivity index (χ2n) is 7.07. The van der Waals surface area contributed by atoms with Crippen LogP contribution in [0.2, 0.25) is 0 Å². The molecule has 1 aromatic carbocycles. The lowest BCUT2D eigenvalue weighted by molar-refractivity contribution is 0.0607. The van der Waals surface area contributed by atoms with Gasteiger partial charge in [-0.05, 0) is 56.7 Å². The number of benzene rings is 1. The largest absolute Gasteiger partial charge is 0.377 e. The Kier molecular flexibility index (Phi) is 6.32. The van der Waals surface area contributed by atoms with Crippen molar-refractivity contribution in [2.75, 3.05) is 19.7 Å². The third kappa shape index (κ3) is 4.45. The number of nitrogens with zero attached hydrogens (tertiary/aromatic N) is 1. The Hall–Kier alpha value is -1.44. The van der Waals surface area contributed by atoms with Crippen LogP contribution in [0.1, 0.15) is 55.8 Å². The average Bonchev–Trinajstić information content (AvgIpc) is 3.20. The second-order valence-corrected chi connectivity index (χ2v) is 8.84. The third-order valence-corrected chi connectivity index (χ3v) is 6.70. The Morgan fingerprint density at radius 3 is 2.85 bits per heavy atom. The van der Waals surface area contributed by atoms with Gasteiger partial charge in [0.1, 0.15) is 0 Å². The number of rotatable bonds is 6. The van der Waals surface area contributed by atoms with Crippen molar-refractivity contribution in [1.82, 2.24) is 9.62 Å². The van der Waals surface area contributed by atoms with E-state index < -0.39 is 10.0 Å². The van der Waals surface area contributed by atoms with Crippen molar-refractivity contribution in [3.8, 4) is 0 Å². The van der Waals surface area contributed by atoms with Crippen molar-refractivity contribution in [2.24, 2.45) is 0 Å². The summed E-state index contributed by atoms with van der Waals surface area (Å²) in [5.41, 5.74) is 0.436. The molecular formula is C19H28N2O4S. The van der Waals surface area contributed by atoms with Crippen LogP contribution in [0.15, 0.2) is 29.2 Å². The molecule has 0 saturated carbocycles. The van der Waals surface area contributed by atoms with Gasteiger partial charge in [0.2, 0.25) is 10.0 Å². The van der Waals surface area contributed by atoms with Gasteiger partial charge in [0, 0.05) is 31.3 Å². The topological polar surface area (TPSA) is 75.7 Å². The van der Waals surface area contributed by atoms with Crippen LogP contribution in [0, 0.1) is 0 Å². The molecule has 2 aliphatic rings. The molecule has 26 heavy (non-hydrogen) atoms. The van der Waals surface area contributed by atoms with Crippen LogP contribution in [0.4, 0.5) is 0 Å². The summed E-state index contributed by atoms with van der Waals surface area (Å²) < 4.78 is 33.2. The molecule has 0 spiro atoms. The molecule has 0 aliphatic carbocycles. The van der Waals surface area contributed by atoms with E-state index in [-0.39, 0.29) is 29.5 Å². The predicted molar refractivity (Wildman–Crippen MR) is 99.6 cm³/mol. The van der Waals surface area contributed by atoms with Gasteiger partial charge in [0.25, 0.3) is 5.91 Å². The van der Waals surface area contributed by atoms with E-state index in [4.69, 9.17) is 4.74 Å². The summed E-state index contributed by atoms with van der Waals surface area (Å²) in [6, 6.07) is 6.60. The third-order valence-electron chi connectivity index (χ3n) is 5.28. The molecular weight excluding hydrogens is 352 g/mol. The van der Waals surface area contributed by atoms with E-state index in [2.05, 4.69) is 11.6 Å². The van der Waals surface area contributed by atoms with Gasteiger partial charge in [-0.3, -0.25) is 4.79 Å². The highest BCUT2D eigenvalue weighted by Crippen LogP contribution is 2.23. The van der Waals surface area contributed by atoms with E-state index in [0.717, 1.165) is 45.1 Å². The van der Waals surface area contributed by atoms with Gasteiger partial charge < -0.3 is 9.64 Å². The van der Waals surface area contributed by atoms with Gasteiger partial charge in [-0.25, -0.2) is 13.1 Å². The molecule has 3 rings (SSSR count). The van der Waals surface area contributed by atoms with Crippen LogP contribution in [-0.4, -0.2) is 51.1 Å². The predicted octanol–water partition coefficient (Wildman–Crippen LogP) is 2.55. The number of hydrogen-bond donors (Lipinski definition) is 1. The zero-order valence-corrected chi connectivity index (χ0v) is 16.1. The molecule has 0 radical (unpaired) electrons. The fourth-order valence-corrected chi connectivity index (χ4v) is 4.86. The minimum Gasteiger partial charge on any atom is -0.377 e. The van der Waals surface area contributed by atoms with Crippen molar-refractivity contribution >= 4 is 15.9 Å². The first-order valence-electron chi connectivity index (χ1n) is 9.53. The summed E-state index contributed by atoms with van der Waals surface area (Å²) in [5.74, 6) is -0.0762. The van der Waals surface area contributed by atoms with E-state index in [1.165, 1.54) is 12.1 Å². The summed E-state index contributed by atoms with van der Waals surface area (Å²) in [7, 11) is -3.65. The fourth-order valence-electron chi connectivity index (χ4n) is 3.75. The summed E-state index contributed by atoms with van der Waals surface area (Å²) >= 11 is 0. The van der Waals surface area contributed by atoms with Crippen LogP contribution in [0.5, 0.6) is 0 Å². The normalized spacial score (nSPS) is 24.0. The first kappa shape index (κ1) is 19.3. The lowest BCUT2D eigenvalue weighted by Gasteiger charge is -2.35. The number of nitrogens with one attached hydrogen (secondary N) is 1. The maximum Gasteiger partial charge on any atom is 0.254 e. The average molecular weight is 381 g/mol. The molecule has 2 unspecified atom stereocenters. The zero-order chi connectivity index (χ0) is 18.6. The number of likely N-dealkylation sites (tertiary alicyclic amines) is 1. The Morgan fingerprint density at radius 2 is 2.12 bits per heavy atom. The van der Waals surface area contributed by atoms with Crippen molar-refractivity contribution in [3.63, 3.8) is 0 Å². The molecule has 0 aromatic heterocycles. The maximum atomic E-state index is 12.9. The monoisotopic (exact) mass is 380 g/mol. The Morgan fingerprint density at radius 1 is 1.27 bits per heavy atom. The number of ether oxygens (including phenoxy) is 1. The molecule has 2 aliphatic heterocycles. The van der Waals surface area contributed by atoms with E-state index in [1.54, 1.807) is 12.1 Å². The number of hydrogen-bond acceptors (Lipinski definition) is 4. The molecule has 2 atom stereocenters. The molecule has 0 bridgehead atoms. The highest BCUT2D eigenvalue weighted by molar-refractivity contribution is 7.89. The van der Waals surface area contributed by atoms with Crippen LogP contribution in [-0.2, 0) is 14.8 Å². The highest BCUT2D eigenvalue weighted by Gasteiger charge is 2.27. The van der Waals surface area contributed by atoms with Crippen LogP contribution < -0.4 is 4.72 Å². The minimum absolute atomic E-state index is 0.0618. The smallest absolute Gasteiger partial charge is 0.254 e. The van der Waals surface area contributed by atoms with E-state index in [1.807, 2.05) is 4.90 Å². The van der Waals surface area contributed by atoms with Crippen LogP contribution in [0.25, 0.3) is 0 Å². The number of carbonyl (C=O) groups excluding carboxylic acids is 1. The fraction of sp³-hybridized carbons (Fsp3) is 0.632. The van der Waals surface area contributed by atoms with Crippen molar-refractivity contribution in [1.29, 1.82) is 0 Å². The maximum absolute atomic E-state index is 12.9. The van der Waals surface area contributed by atoms with E-state index >= 15 is 0 Å². The molecule has 6 nitrogen and oxygen atoms in total.